The second kappa shape index (κ2) is 8.78. The average Bonchev–Trinajstić information content (AvgIpc) is 2.94. The molecule has 5 nitrogen and oxygen atoms in total. The third kappa shape index (κ3) is 4.77. The molecule has 1 aromatic carbocycles. The van der Waals surface area contributed by atoms with Crippen molar-refractivity contribution in [3.05, 3.63) is 40.4 Å². The lowest BCUT2D eigenvalue weighted by atomic mass is 10.0. The number of hydrogen-bond acceptors (Lipinski definition) is 4. The lowest BCUT2D eigenvalue weighted by Gasteiger charge is -2.10. The Morgan fingerprint density at radius 3 is 2.50 bits per heavy atom. The molecular weight excluding hydrogens is 320 g/mol. The highest BCUT2D eigenvalue weighted by molar-refractivity contribution is 7.71. The highest BCUT2D eigenvalue weighted by atomic mass is 32.1. The number of nitrogens with zero attached hydrogens (tertiary/aromatic N) is 3. The summed E-state index contributed by atoms with van der Waals surface area (Å²) in [4.78, 5) is 0. The Morgan fingerprint density at radius 2 is 1.92 bits per heavy atom. The van der Waals surface area contributed by atoms with E-state index in [0.29, 0.717) is 16.6 Å². The number of ether oxygens (including phenoxy) is 1. The van der Waals surface area contributed by atoms with Gasteiger partial charge >= 0.3 is 0 Å². The van der Waals surface area contributed by atoms with E-state index in [-0.39, 0.29) is 0 Å². The minimum absolute atomic E-state index is 0.349. The van der Waals surface area contributed by atoms with Gasteiger partial charge in [-0.15, -0.1) is 0 Å². The molecule has 6 heteroatoms. The van der Waals surface area contributed by atoms with E-state index in [2.05, 4.69) is 43.0 Å². The SMILES string of the molecule is CCC(CC)c1n[nH]c(=S)n1/N=C\c1ccc(OCC(C)C)cc1. The van der Waals surface area contributed by atoms with Crippen LogP contribution in [0.1, 0.15) is 57.8 Å². The number of nitrogens with one attached hydrogen (secondary N) is 1. The number of hydrogen-bond donors (Lipinski definition) is 1. The third-order valence-corrected chi connectivity index (χ3v) is 4.08. The summed E-state index contributed by atoms with van der Waals surface area (Å²) in [7, 11) is 0. The molecular formula is C18H26N4OS. The number of benzene rings is 1. The standard InChI is InChI=1S/C18H26N4OS/c1-5-15(6-2)17-20-21-18(24)22(17)19-11-14-7-9-16(10-8-14)23-12-13(3)4/h7-11,13,15H,5-6,12H2,1-4H3,(H,21,24)/b19-11-. The summed E-state index contributed by atoms with van der Waals surface area (Å²) in [5.41, 5.74) is 0.991. The van der Waals surface area contributed by atoms with E-state index < -0.39 is 0 Å². The molecule has 0 aliphatic rings. The molecule has 0 saturated carbocycles. The third-order valence-electron chi connectivity index (χ3n) is 3.81. The molecule has 0 amide bonds. The first kappa shape index (κ1) is 18.4. The van der Waals surface area contributed by atoms with Gasteiger partial charge in [-0.05, 0) is 60.8 Å². The highest BCUT2D eigenvalue weighted by Gasteiger charge is 2.14. The van der Waals surface area contributed by atoms with Gasteiger partial charge in [-0.1, -0.05) is 27.7 Å². The van der Waals surface area contributed by atoms with E-state index in [0.717, 1.165) is 36.6 Å². The van der Waals surface area contributed by atoms with Crippen LogP contribution >= 0.6 is 12.2 Å². The summed E-state index contributed by atoms with van der Waals surface area (Å²) in [6.45, 7) is 9.28. The molecule has 1 heterocycles. The summed E-state index contributed by atoms with van der Waals surface area (Å²) in [6, 6.07) is 7.89. The zero-order valence-electron chi connectivity index (χ0n) is 14.8. The Kier molecular flexibility index (Phi) is 6.73. The maximum absolute atomic E-state index is 5.69. The molecule has 0 atom stereocenters. The van der Waals surface area contributed by atoms with Crippen LogP contribution in [0, 0.1) is 10.7 Å². The zero-order valence-corrected chi connectivity index (χ0v) is 15.6. The number of H-pyrrole nitrogens is 1. The summed E-state index contributed by atoms with van der Waals surface area (Å²) in [5.74, 6) is 2.62. The Bertz CT molecular complexity index is 711. The van der Waals surface area contributed by atoms with Gasteiger partial charge < -0.3 is 4.74 Å². The fourth-order valence-electron chi connectivity index (χ4n) is 2.37. The van der Waals surface area contributed by atoms with Crippen LogP contribution in [0.5, 0.6) is 5.75 Å². The summed E-state index contributed by atoms with van der Waals surface area (Å²) >= 11 is 5.29. The van der Waals surface area contributed by atoms with Crippen molar-refractivity contribution in [1.29, 1.82) is 0 Å². The monoisotopic (exact) mass is 346 g/mol. The lowest BCUT2D eigenvalue weighted by Crippen LogP contribution is -2.05. The highest BCUT2D eigenvalue weighted by Crippen LogP contribution is 2.21. The van der Waals surface area contributed by atoms with E-state index in [4.69, 9.17) is 17.0 Å². The smallest absolute Gasteiger partial charge is 0.216 e. The largest absolute Gasteiger partial charge is 0.493 e. The van der Waals surface area contributed by atoms with Crippen LogP contribution in [-0.4, -0.2) is 27.7 Å². The maximum Gasteiger partial charge on any atom is 0.216 e. The molecule has 0 fully saturated rings. The molecule has 0 spiro atoms. The lowest BCUT2D eigenvalue weighted by molar-refractivity contribution is 0.271. The Morgan fingerprint density at radius 1 is 1.25 bits per heavy atom. The predicted octanol–water partition coefficient (Wildman–Crippen LogP) is 4.76. The zero-order chi connectivity index (χ0) is 17.5. The molecule has 0 aliphatic heterocycles. The van der Waals surface area contributed by atoms with Crippen LogP contribution in [0.4, 0.5) is 0 Å². The van der Waals surface area contributed by atoms with Crippen LogP contribution in [0.15, 0.2) is 29.4 Å². The van der Waals surface area contributed by atoms with Crippen molar-refractivity contribution < 1.29 is 4.74 Å². The summed E-state index contributed by atoms with van der Waals surface area (Å²) < 4.78 is 7.93. The fourth-order valence-corrected chi connectivity index (χ4v) is 2.56. The molecule has 1 aromatic heterocycles. The van der Waals surface area contributed by atoms with E-state index in [1.807, 2.05) is 24.3 Å². The topological polar surface area (TPSA) is 55.2 Å². The second-order valence-electron chi connectivity index (χ2n) is 6.23. The van der Waals surface area contributed by atoms with Gasteiger partial charge in [0.2, 0.25) is 4.77 Å². The van der Waals surface area contributed by atoms with Gasteiger partial charge in [0.1, 0.15) is 5.75 Å². The molecule has 2 rings (SSSR count). The molecule has 0 radical (unpaired) electrons. The Balaban J connectivity index is 2.14. The average molecular weight is 347 g/mol. The molecule has 0 bridgehead atoms. The first-order chi connectivity index (χ1) is 11.5. The molecule has 0 unspecified atom stereocenters. The number of aromatic nitrogens is 3. The van der Waals surface area contributed by atoms with Crippen molar-refractivity contribution in [3.8, 4) is 5.75 Å². The normalized spacial score (nSPS) is 11.8. The van der Waals surface area contributed by atoms with Crippen molar-refractivity contribution in [3.63, 3.8) is 0 Å². The Hall–Kier alpha value is -1.95. The van der Waals surface area contributed by atoms with E-state index in [9.17, 15) is 0 Å². The van der Waals surface area contributed by atoms with Gasteiger partial charge in [0.25, 0.3) is 0 Å². The molecule has 1 N–H and O–H groups in total. The molecule has 2 aromatic rings. The molecule has 0 saturated heterocycles. The minimum Gasteiger partial charge on any atom is -0.493 e. The maximum atomic E-state index is 5.69. The first-order valence-corrected chi connectivity index (χ1v) is 8.90. The van der Waals surface area contributed by atoms with Gasteiger partial charge in [-0.2, -0.15) is 14.9 Å². The Labute approximate surface area is 148 Å². The quantitative estimate of drug-likeness (QED) is 0.554. The first-order valence-electron chi connectivity index (χ1n) is 8.49. The fraction of sp³-hybridized carbons (Fsp3) is 0.500. The van der Waals surface area contributed by atoms with Crippen molar-refractivity contribution >= 4 is 18.4 Å². The van der Waals surface area contributed by atoms with Crippen LogP contribution < -0.4 is 4.74 Å². The molecule has 24 heavy (non-hydrogen) atoms. The number of aromatic amines is 1. The second-order valence-corrected chi connectivity index (χ2v) is 6.62. The summed E-state index contributed by atoms with van der Waals surface area (Å²) in [5, 5.41) is 11.7. The summed E-state index contributed by atoms with van der Waals surface area (Å²) in [6.07, 6.45) is 3.81. The van der Waals surface area contributed by atoms with Crippen molar-refractivity contribution in [2.45, 2.75) is 46.5 Å². The van der Waals surface area contributed by atoms with Gasteiger partial charge in [0.05, 0.1) is 12.8 Å². The van der Waals surface area contributed by atoms with Crippen molar-refractivity contribution in [1.82, 2.24) is 14.9 Å². The van der Waals surface area contributed by atoms with Gasteiger partial charge in [0.15, 0.2) is 5.82 Å². The van der Waals surface area contributed by atoms with Crippen LogP contribution in [0.25, 0.3) is 0 Å². The van der Waals surface area contributed by atoms with Gasteiger partial charge in [0, 0.05) is 5.92 Å². The predicted molar refractivity (Wildman–Crippen MR) is 101 cm³/mol. The van der Waals surface area contributed by atoms with E-state index >= 15 is 0 Å². The molecule has 130 valence electrons. The van der Waals surface area contributed by atoms with E-state index in [1.54, 1.807) is 10.9 Å². The number of rotatable bonds is 8. The van der Waals surface area contributed by atoms with Crippen molar-refractivity contribution in [2.75, 3.05) is 6.61 Å². The van der Waals surface area contributed by atoms with Gasteiger partial charge in [-0.25, -0.2) is 0 Å². The van der Waals surface area contributed by atoms with Crippen LogP contribution in [0.2, 0.25) is 0 Å². The van der Waals surface area contributed by atoms with E-state index in [1.165, 1.54) is 0 Å². The minimum atomic E-state index is 0.349. The van der Waals surface area contributed by atoms with Crippen LogP contribution in [0.3, 0.4) is 0 Å². The van der Waals surface area contributed by atoms with Crippen LogP contribution in [-0.2, 0) is 0 Å². The van der Waals surface area contributed by atoms with Gasteiger partial charge in [-0.3, -0.25) is 5.10 Å². The molecule has 0 aliphatic carbocycles. The van der Waals surface area contributed by atoms with Crippen molar-refractivity contribution in [2.24, 2.45) is 11.0 Å².